The highest BCUT2D eigenvalue weighted by atomic mass is 28.2. The molecule has 3 heteroatoms. The number of rotatable bonds is 8. The van der Waals surface area contributed by atoms with Gasteiger partial charge in [-0.25, -0.2) is 0 Å². The first kappa shape index (κ1) is 14.1. The first-order valence-corrected chi connectivity index (χ1v) is 7.76. The molecule has 0 fully saturated rings. The van der Waals surface area contributed by atoms with Gasteiger partial charge >= 0.3 is 0 Å². The molecule has 2 unspecified atom stereocenters. The molecule has 0 aliphatic heterocycles. The van der Waals surface area contributed by atoms with E-state index in [2.05, 4.69) is 34.6 Å². The molecule has 0 rings (SSSR count). The maximum atomic E-state index is 5.85. The molecule has 0 heterocycles. The van der Waals surface area contributed by atoms with Crippen molar-refractivity contribution in [3.8, 4) is 0 Å². The first-order valence-electron chi connectivity index (χ1n) is 5.94. The summed E-state index contributed by atoms with van der Waals surface area (Å²) in [6.07, 6.45) is 2.81. The van der Waals surface area contributed by atoms with Crippen molar-refractivity contribution in [2.45, 2.75) is 71.6 Å². The largest absolute Gasteiger partial charge is 0.354 e. The maximum Gasteiger partial charge on any atom is 0.135 e. The quantitative estimate of drug-likeness (QED) is 0.460. The van der Waals surface area contributed by atoms with Crippen molar-refractivity contribution in [2.75, 3.05) is 0 Å². The van der Waals surface area contributed by atoms with Gasteiger partial charge in [0.1, 0.15) is 5.91 Å². The molecule has 0 aromatic carbocycles. The Morgan fingerprint density at radius 3 is 1.64 bits per heavy atom. The fourth-order valence-electron chi connectivity index (χ4n) is 1.11. The van der Waals surface area contributed by atoms with Crippen LogP contribution in [0.25, 0.3) is 0 Å². The maximum absolute atomic E-state index is 5.85. The van der Waals surface area contributed by atoms with Crippen LogP contribution in [-0.4, -0.2) is 27.6 Å². The summed E-state index contributed by atoms with van der Waals surface area (Å²) >= 11 is 0. The summed E-state index contributed by atoms with van der Waals surface area (Å²) in [5, 5.41) is 0. The fourth-order valence-corrected chi connectivity index (χ4v) is 2.52. The molecule has 0 aromatic rings. The molecule has 0 spiro atoms. The highest BCUT2D eigenvalue weighted by molar-refractivity contribution is 6.36. The van der Waals surface area contributed by atoms with Crippen molar-refractivity contribution in [1.29, 1.82) is 0 Å². The second kappa shape index (κ2) is 8.45. The summed E-state index contributed by atoms with van der Waals surface area (Å²) in [7, 11) is -0.213. The van der Waals surface area contributed by atoms with Crippen molar-refractivity contribution < 1.29 is 9.47 Å². The lowest BCUT2D eigenvalue weighted by Gasteiger charge is -2.24. The van der Waals surface area contributed by atoms with E-state index >= 15 is 0 Å². The number of hydrogen-bond acceptors (Lipinski definition) is 2. The first-order chi connectivity index (χ1) is 6.63. The van der Waals surface area contributed by atoms with E-state index in [1.54, 1.807) is 0 Å². The van der Waals surface area contributed by atoms with Gasteiger partial charge in [0.25, 0.3) is 0 Å². The minimum Gasteiger partial charge on any atom is -0.354 e. The van der Waals surface area contributed by atoms with E-state index in [1.165, 1.54) is 6.04 Å². The monoisotopic (exact) mass is 218 g/mol. The summed E-state index contributed by atoms with van der Waals surface area (Å²) < 4.78 is 11.7. The molecule has 14 heavy (non-hydrogen) atoms. The van der Waals surface area contributed by atoms with Crippen LogP contribution in [0.15, 0.2) is 0 Å². The molecule has 0 saturated heterocycles. The molecule has 2 nitrogen and oxygen atoms in total. The Morgan fingerprint density at radius 1 is 0.929 bits per heavy atom. The molecule has 0 aliphatic carbocycles. The zero-order chi connectivity index (χ0) is 11.0. The number of ether oxygens (including phenoxy) is 2. The van der Waals surface area contributed by atoms with Crippen LogP contribution in [0.2, 0.25) is 6.04 Å². The lowest BCUT2D eigenvalue weighted by atomic mass is 10.3. The van der Waals surface area contributed by atoms with Gasteiger partial charge in [0, 0.05) is 0 Å². The third-order valence-electron chi connectivity index (χ3n) is 2.44. The van der Waals surface area contributed by atoms with E-state index in [9.17, 15) is 0 Å². The molecule has 0 saturated carbocycles. The average molecular weight is 218 g/mol. The van der Waals surface area contributed by atoms with E-state index in [1.807, 2.05) is 0 Å². The fraction of sp³-hybridized carbons (Fsp3) is 1.00. The molecular formula is C11H26O2Si. The van der Waals surface area contributed by atoms with Gasteiger partial charge in [0.05, 0.1) is 21.7 Å². The number of hydrogen-bond donors (Lipinski definition) is 0. The Morgan fingerprint density at radius 2 is 1.36 bits per heavy atom. The minimum atomic E-state index is -0.213. The highest BCUT2D eigenvalue weighted by Crippen LogP contribution is 2.08. The van der Waals surface area contributed by atoms with Crippen LogP contribution >= 0.6 is 0 Å². The molecule has 0 N–H and O–H groups in total. The van der Waals surface area contributed by atoms with Crippen molar-refractivity contribution in [3.63, 3.8) is 0 Å². The predicted molar refractivity (Wildman–Crippen MR) is 64.5 cm³/mol. The van der Waals surface area contributed by atoms with Crippen LogP contribution in [0, 0.1) is 0 Å². The van der Waals surface area contributed by atoms with Gasteiger partial charge in [0.15, 0.2) is 0 Å². The predicted octanol–water partition coefficient (Wildman–Crippen LogP) is 2.51. The Hall–Kier alpha value is 0.137. The minimum absolute atomic E-state index is 0.130. The van der Waals surface area contributed by atoms with Gasteiger partial charge in [-0.1, -0.05) is 26.8 Å². The van der Waals surface area contributed by atoms with Gasteiger partial charge in [-0.05, 0) is 26.7 Å². The Bertz CT molecular complexity index is 118. The molecular weight excluding hydrogens is 192 g/mol. The zero-order valence-electron chi connectivity index (χ0n) is 10.4. The molecule has 86 valence electrons. The lowest BCUT2D eigenvalue weighted by molar-refractivity contribution is -0.143. The van der Waals surface area contributed by atoms with E-state index in [4.69, 9.17) is 9.47 Å². The van der Waals surface area contributed by atoms with Gasteiger partial charge in [-0.2, -0.15) is 0 Å². The van der Waals surface area contributed by atoms with Crippen LogP contribution in [0.5, 0.6) is 0 Å². The Kier molecular flexibility index (Phi) is 8.53. The van der Waals surface area contributed by atoms with E-state index in [0.29, 0.717) is 12.2 Å². The standard InChI is InChI=1S/C11H26O2Si/c1-6-9(4)12-11(14-8-3)13-10(5)7-2/h9-11H,6-8,14H2,1-5H3. The summed E-state index contributed by atoms with van der Waals surface area (Å²) in [4.78, 5) is 0. The highest BCUT2D eigenvalue weighted by Gasteiger charge is 2.14. The van der Waals surface area contributed by atoms with Crippen molar-refractivity contribution in [1.82, 2.24) is 0 Å². The van der Waals surface area contributed by atoms with Crippen molar-refractivity contribution in [3.05, 3.63) is 0 Å². The van der Waals surface area contributed by atoms with Crippen LogP contribution in [-0.2, 0) is 9.47 Å². The van der Waals surface area contributed by atoms with Gasteiger partial charge in [-0.3, -0.25) is 0 Å². The van der Waals surface area contributed by atoms with Crippen LogP contribution < -0.4 is 0 Å². The smallest absolute Gasteiger partial charge is 0.135 e. The summed E-state index contributed by atoms with van der Waals surface area (Å²) in [6, 6.07) is 1.25. The van der Waals surface area contributed by atoms with Gasteiger partial charge < -0.3 is 9.47 Å². The van der Waals surface area contributed by atoms with Crippen LogP contribution in [0.3, 0.4) is 0 Å². The topological polar surface area (TPSA) is 18.5 Å². The molecule has 0 aromatic heterocycles. The molecule has 0 bridgehead atoms. The molecule has 0 aliphatic rings. The Balaban J connectivity index is 3.88. The van der Waals surface area contributed by atoms with Crippen LogP contribution in [0.4, 0.5) is 0 Å². The summed E-state index contributed by atoms with van der Waals surface area (Å²) in [5.41, 5.74) is 0. The third kappa shape index (κ3) is 6.57. The second-order valence-electron chi connectivity index (χ2n) is 3.93. The van der Waals surface area contributed by atoms with Crippen molar-refractivity contribution in [2.24, 2.45) is 0 Å². The normalized spacial score (nSPS) is 18.6. The van der Waals surface area contributed by atoms with E-state index in [0.717, 1.165) is 12.8 Å². The van der Waals surface area contributed by atoms with E-state index < -0.39 is 0 Å². The zero-order valence-corrected chi connectivity index (χ0v) is 11.8. The third-order valence-corrected chi connectivity index (χ3v) is 3.88. The van der Waals surface area contributed by atoms with Crippen LogP contribution in [0.1, 0.15) is 47.5 Å². The summed E-state index contributed by atoms with van der Waals surface area (Å²) in [6.45, 7) is 10.8. The molecule has 2 atom stereocenters. The average Bonchev–Trinajstić information content (AvgIpc) is 2.17. The van der Waals surface area contributed by atoms with E-state index in [-0.39, 0.29) is 15.4 Å². The van der Waals surface area contributed by atoms with Gasteiger partial charge in [0.2, 0.25) is 0 Å². The van der Waals surface area contributed by atoms with Crippen molar-refractivity contribution >= 4 is 9.52 Å². The molecule has 0 amide bonds. The lowest BCUT2D eigenvalue weighted by Crippen LogP contribution is -2.31. The second-order valence-corrected chi connectivity index (χ2v) is 6.17. The SMILES string of the molecule is CC[SiH2]C(OC(C)CC)OC(C)CC. The summed E-state index contributed by atoms with van der Waals surface area (Å²) in [5.74, 6) is 0.130. The molecule has 0 radical (unpaired) electrons. The van der Waals surface area contributed by atoms with Gasteiger partial charge in [-0.15, -0.1) is 0 Å². The Labute approximate surface area is 91.2 Å².